The molecule has 13 heavy (non-hydrogen) atoms. The van der Waals surface area contributed by atoms with Gasteiger partial charge in [-0.3, -0.25) is 0 Å². The Balaban J connectivity index is 2.91. The third-order valence-corrected chi connectivity index (χ3v) is 2.11. The van der Waals surface area contributed by atoms with Crippen molar-refractivity contribution in [1.82, 2.24) is 0 Å². The fourth-order valence-electron chi connectivity index (χ4n) is 1.12. The fourth-order valence-corrected chi connectivity index (χ4v) is 1.39. The molecular weight excluding hydrogens is 191 g/mol. The molecule has 0 N–H and O–H groups in total. The van der Waals surface area contributed by atoms with E-state index in [1.54, 1.807) is 7.11 Å². The van der Waals surface area contributed by atoms with E-state index in [0.29, 0.717) is 17.2 Å². The van der Waals surface area contributed by atoms with Crippen LogP contribution in [0.2, 0.25) is 5.02 Å². The maximum absolute atomic E-state index is 12.8. The third-order valence-electron chi connectivity index (χ3n) is 1.77. The Hall–Kier alpha value is -0.600. The number of benzene rings is 1. The van der Waals surface area contributed by atoms with Crippen LogP contribution in [0.15, 0.2) is 18.2 Å². The first kappa shape index (κ1) is 10.5. The fraction of sp³-hybridized carbons (Fsp3) is 0.300. The van der Waals surface area contributed by atoms with E-state index in [0.717, 1.165) is 0 Å². The van der Waals surface area contributed by atoms with Gasteiger partial charge in [-0.15, -0.1) is 0 Å². The monoisotopic (exact) mass is 201 g/mol. The molecule has 0 fully saturated rings. The molecule has 1 atom stereocenters. The smallest absolute Gasteiger partial charge is 0.123 e. The molecule has 0 aliphatic rings. The van der Waals surface area contributed by atoms with Gasteiger partial charge in [-0.1, -0.05) is 11.6 Å². The summed E-state index contributed by atoms with van der Waals surface area (Å²) in [4.78, 5) is 0. The lowest BCUT2D eigenvalue weighted by Gasteiger charge is -2.11. The molecule has 1 aromatic rings. The van der Waals surface area contributed by atoms with E-state index in [9.17, 15) is 4.39 Å². The molecule has 0 heterocycles. The molecule has 1 nitrogen and oxygen atoms in total. The van der Waals surface area contributed by atoms with E-state index in [4.69, 9.17) is 16.3 Å². The van der Waals surface area contributed by atoms with Crippen LogP contribution in [0.4, 0.5) is 4.39 Å². The summed E-state index contributed by atoms with van der Waals surface area (Å²) in [6, 6.07) is 4.24. The second-order valence-corrected chi connectivity index (χ2v) is 3.23. The van der Waals surface area contributed by atoms with Gasteiger partial charge in [0.25, 0.3) is 0 Å². The average molecular weight is 202 g/mol. The Morgan fingerprint density at radius 3 is 2.92 bits per heavy atom. The zero-order chi connectivity index (χ0) is 9.84. The van der Waals surface area contributed by atoms with Crippen LogP contribution in [0.3, 0.4) is 0 Å². The van der Waals surface area contributed by atoms with Crippen LogP contribution in [-0.2, 0) is 4.74 Å². The Morgan fingerprint density at radius 2 is 2.31 bits per heavy atom. The summed E-state index contributed by atoms with van der Waals surface area (Å²) in [5, 5.41) is 0.526. The Bertz CT molecular complexity index is 288. The standard InChI is InChI=1S/C10H11ClFO/c1-7(6-13-2)9-5-8(12)3-4-10(9)11/h3-5,7H,1,6H2,2H3. The molecule has 0 spiro atoms. The van der Waals surface area contributed by atoms with E-state index in [2.05, 4.69) is 6.92 Å². The van der Waals surface area contributed by atoms with E-state index >= 15 is 0 Å². The molecule has 0 amide bonds. The molecule has 0 saturated heterocycles. The largest absolute Gasteiger partial charge is 0.384 e. The molecule has 1 rings (SSSR count). The summed E-state index contributed by atoms with van der Waals surface area (Å²) in [6.45, 7) is 4.26. The molecule has 1 unspecified atom stereocenters. The van der Waals surface area contributed by atoms with Gasteiger partial charge in [0.2, 0.25) is 0 Å². The van der Waals surface area contributed by atoms with Gasteiger partial charge in [-0.25, -0.2) is 4.39 Å². The number of rotatable bonds is 3. The quantitative estimate of drug-likeness (QED) is 0.731. The normalized spacial score (nSPS) is 12.9. The highest BCUT2D eigenvalue weighted by atomic mass is 35.5. The SMILES string of the molecule is [CH2]C(COC)c1cc(F)ccc1Cl. The van der Waals surface area contributed by atoms with E-state index in [1.807, 2.05) is 0 Å². The Morgan fingerprint density at radius 1 is 1.62 bits per heavy atom. The van der Waals surface area contributed by atoms with Gasteiger partial charge in [-0.2, -0.15) is 0 Å². The lowest BCUT2D eigenvalue weighted by atomic mass is 10.0. The van der Waals surface area contributed by atoms with Crippen molar-refractivity contribution in [3.63, 3.8) is 0 Å². The molecule has 0 aliphatic heterocycles. The minimum Gasteiger partial charge on any atom is -0.384 e. The number of methoxy groups -OCH3 is 1. The first-order valence-electron chi connectivity index (χ1n) is 3.92. The van der Waals surface area contributed by atoms with Gasteiger partial charge in [0, 0.05) is 18.1 Å². The lowest BCUT2D eigenvalue weighted by molar-refractivity contribution is 0.190. The van der Waals surface area contributed by atoms with Crippen molar-refractivity contribution >= 4 is 11.6 Å². The Kier molecular flexibility index (Phi) is 3.70. The van der Waals surface area contributed by atoms with Crippen molar-refractivity contribution in [1.29, 1.82) is 0 Å². The predicted molar refractivity (Wildman–Crippen MR) is 51.4 cm³/mol. The number of hydrogen-bond donors (Lipinski definition) is 0. The first-order valence-corrected chi connectivity index (χ1v) is 4.30. The summed E-state index contributed by atoms with van der Waals surface area (Å²) in [6.07, 6.45) is 0. The van der Waals surface area contributed by atoms with E-state index in [1.165, 1.54) is 18.2 Å². The summed E-state index contributed by atoms with van der Waals surface area (Å²) in [5.41, 5.74) is 0.684. The van der Waals surface area contributed by atoms with Gasteiger partial charge >= 0.3 is 0 Å². The van der Waals surface area contributed by atoms with Crippen molar-refractivity contribution < 1.29 is 9.13 Å². The molecule has 0 bridgehead atoms. The van der Waals surface area contributed by atoms with Crippen molar-refractivity contribution in [2.24, 2.45) is 0 Å². The molecule has 1 radical (unpaired) electrons. The maximum atomic E-state index is 12.8. The van der Waals surface area contributed by atoms with Gasteiger partial charge in [-0.05, 0) is 30.7 Å². The number of hydrogen-bond acceptors (Lipinski definition) is 1. The van der Waals surface area contributed by atoms with Gasteiger partial charge in [0.1, 0.15) is 5.82 Å². The van der Waals surface area contributed by atoms with Crippen LogP contribution in [0.1, 0.15) is 11.5 Å². The van der Waals surface area contributed by atoms with Gasteiger partial charge in [0.15, 0.2) is 0 Å². The number of halogens is 2. The van der Waals surface area contributed by atoms with Crippen LogP contribution in [0, 0.1) is 12.7 Å². The summed E-state index contributed by atoms with van der Waals surface area (Å²) >= 11 is 5.86. The van der Waals surface area contributed by atoms with Crippen molar-refractivity contribution in [3.05, 3.63) is 41.5 Å². The molecular formula is C10H11ClFO. The maximum Gasteiger partial charge on any atom is 0.123 e. The van der Waals surface area contributed by atoms with E-state index in [-0.39, 0.29) is 11.7 Å². The summed E-state index contributed by atoms with van der Waals surface area (Å²) in [7, 11) is 1.57. The number of ether oxygens (including phenoxy) is 1. The Labute approximate surface area is 82.5 Å². The van der Waals surface area contributed by atoms with Gasteiger partial charge in [0.05, 0.1) is 6.61 Å². The average Bonchev–Trinajstić information content (AvgIpc) is 2.09. The highest BCUT2D eigenvalue weighted by Crippen LogP contribution is 2.24. The zero-order valence-corrected chi connectivity index (χ0v) is 8.14. The second-order valence-electron chi connectivity index (χ2n) is 2.82. The molecule has 71 valence electrons. The molecule has 1 aromatic carbocycles. The topological polar surface area (TPSA) is 9.23 Å². The summed E-state index contributed by atoms with van der Waals surface area (Å²) in [5.74, 6) is -0.433. The van der Waals surface area contributed by atoms with Crippen molar-refractivity contribution in [3.8, 4) is 0 Å². The lowest BCUT2D eigenvalue weighted by Crippen LogP contribution is -2.03. The molecule has 3 heteroatoms. The highest BCUT2D eigenvalue weighted by molar-refractivity contribution is 6.31. The highest BCUT2D eigenvalue weighted by Gasteiger charge is 2.10. The van der Waals surface area contributed by atoms with Crippen LogP contribution in [-0.4, -0.2) is 13.7 Å². The van der Waals surface area contributed by atoms with E-state index < -0.39 is 0 Å². The van der Waals surface area contributed by atoms with Gasteiger partial charge < -0.3 is 4.74 Å². The van der Waals surface area contributed by atoms with Crippen molar-refractivity contribution in [2.45, 2.75) is 5.92 Å². The minimum atomic E-state index is -0.302. The van der Waals surface area contributed by atoms with Crippen LogP contribution in [0.25, 0.3) is 0 Å². The predicted octanol–water partition coefficient (Wildman–Crippen LogP) is 3.04. The summed E-state index contributed by atoms with van der Waals surface area (Å²) < 4.78 is 17.7. The van der Waals surface area contributed by atoms with Crippen molar-refractivity contribution in [2.75, 3.05) is 13.7 Å². The van der Waals surface area contributed by atoms with Crippen LogP contribution in [0.5, 0.6) is 0 Å². The van der Waals surface area contributed by atoms with Crippen LogP contribution >= 0.6 is 11.6 Å². The first-order chi connectivity index (χ1) is 6.15. The van der Waals surface area contributed by atoms with Crippen LogP contribution < -0.4 is 0 Å². The molecule has 0 saturated carbocycles. The minimum absolute atomic E-state index is 0.131. The second kappa shape index (κ2) is 4.58. The zero-order valence-electron chi connectivity index (χ0n) is 7.39. The molecule has 0 aromatic heterocycles. The third kappa shape index (κ3) is 2.68. The molecule has 0 aliphatic carbocycles.